The van der Waals surface area contributed by atoms with Gasteiger partial charge in [0.1, 0.15) is 23.3 Å². The Balaban J connectivity index is 1.78. The Morgan fingerprint density at radius 3 is 2.40 bits per heavy atom. The van der Waals surface area contributed by atoms with Crippen molar-refractivity contribution in [1.29, 1.82) is 0 Å². The van der Waals surface area contributed by atoms with Gasteiger partial charge in [0.05, 0.1) is 23.5 Å². The Morgan fingerprint density at radius 2 is 1.73 bits per heavy atom. The van der Waals surface area contributed by atoms with Crippen molar-refractivity contribution >= 4 is 22.9 Å². The molecule has 3 rings (SSSR count). The number of carbonyl (C=O) groups is 2. The summed E-state index contributed by atoms with van der Waals surface area (Å²) in [6.07, 6.45) is 1.94. The van der Waals surface area contributed by atoms with Gasteiger partial charge >= 0.3 is 11.9 Å². The van der Waals surface area contributed by atoms with Gasteiger partial charge in [-0.3, -0.25) is 9.59 Å². The van der Waals surface area contributed by atoms with Crippen molar-refractivity contribution in [3.05, 3.63) is 64.5 Å². The molecule has 156 valence electrons. The third-order valence-electron chi connectivity index (χ3n) is 4.16. The van der Waals surface area contributed by atoms with Crippen LogP contribution in [-0.2, 0) is 9.53 Å². The predicted molar refractivity (Wildman–Crippen MR) is 110 cm³/mol. The first-order valence-electron chi connectivity index (χ1n) is 9.61. The summed E-state index contributed by atoms with van der Waals surface area (Å²) in [5.74, 6) is -0.403. The maximum atomic E-state index is 12.7. The minimum absolute atomic E-state index is 0.00395. The van der Waals surface area contributed by atoms with E-state index in [1.165, 1.54) is 24.5 Å². The highest BCUT2D eigenvalue weighted by atomic mass is 16.5. The minimum Gasteiger partial charge on any atom is -0.462 e. The van der Waals surface area contributed by atoms with E-state index in [0.29, 0.717) is 23.7 Å². The van der Waals surface area contributed by atoms with E-state index in [2.05, 4.69) is 0 Å². The van der Waals surface area contributed by atoms with E-state index in [4.69, 9.17) is 18.6 Å². The number of esters is 2. The van der Waals surface area contributed by atoms with Crippen LogP contribution in [0.3, 0.4) is 0 Å². The summed E-state index contributed by atoms with van der Waals surface area (Å²) in [5, 5.41) is 0.289. The molecule has 0 spiro atoms. The van der Waals surface area contributed by atoms with Crippen LogP contribution in [0.15, 0.2) is 57.9 Å². The molecule has 1 heterocycles. The molecule has 0 unspecified atom stereocenters. The van der Waals surface area contributed by atoms with Gasteiger partial charge in [-0.1, -0.05) is 20.8 Å². The molecule has 0 saturated carbocycles. The molecule has 0 bridgehead atoms. The number of hydrogen-bond donors (Lipinski definition) is 0. The fourth-order valence-electron chi connectivity index (χ4n) is 2.52. The quantitative estimate of drug-likeness (QED) is 0.411. The number of benzene rings is 2. The van der Waals surface area contributed by atoms with Crippen LogP contribution in [0.2, 0.25) is 0 Å². The summed E-state index contributed by atoms with van der Waals surface area (Å²) < 4.78 is 21.4. The summed E-state index contributed by atoms with van der Waals surface area (Å²) in [6, 6.07) is 10.8. The highest BCUT2D eigenvalue weighted by molar-refractivity contribution is 5.89. The van der Waals surface area contributed by atoms with Crippen molar-refractivity contribution in [2.24, 2.45) is 5.92 Å². The van der Waals surface area contributed by atoms with Gasteiger partial charge in [-0.15, -0.1) is 0 Å². The highest BCUT2D eigenvalue weighted by Gasteiger charge is 2.14. The normalized spacial score (nSPS) is 10.8. The van der Waals surface area contributed by atoms with Crippen LogP contribution in [0.5, 0.6) is 17.2 Å². The number of fused-ring (bicyclic) bond motifs is 1. The summed E-state index contributed by atoms with van der Waals surface area (Å²) in [5.41, 5.74) is 0.296. The molecule has 7 nitrogen and oxygen atoms in total. The molecular formula is C23H22O7. The molecule has 2 aromatic carbocycles. The second-order valence-electron chi connectivity index (χ2n) is 6.93. The van der Waals surface area contributed by atoms with Crippen LogP contribution in [0.4, 0.5) is 0 Å². The number of rotatable bonds is 7. The zero-order valence-corrected chi connectivity index (χ0v) is 17.0. The van der Waals surface area contributed by atoms with Crippen LogP contribution >= 0.6 is 0 Å². The lowest BCUT2D eigenvalue weighted by atomic mass is 10.2. The van der Waals surface area contributed by atoms with Gasteiger partial charge in [-0.05, 0) is 42.8 Å². The molecule has 0 aliphatic carbocycles. The number of hydrogen-bond acceptors (Lipinski definition) is 7. The SMILES string of the molecule is CCCOC(=O)c1ccc(Oc2coc3cc(OC(=O)C(C)C)ccc3c2=O)cc1. The smallest absolute Gasteiger partial charge is 0.338 e. The lowest BCUT2D eigenvalue weighted by molar-refractivity contribution is -0.137. The molecule has 0 fully saturated rings. The van der Waals surface area contributed by atoms with Crippen LogP contribution in [-0.4, -0.2) is 18.5 Å². The molecule has 30 heavy (non-hydrogen) atoms. The lowest BCUT2D eigenvalue weighted by Crippen LogP contribution is -2.14. The Morgan fingerprint density at radius 1 is 1.03 bits per heavy atom. The van der Waals surface area contributed by atoms with E-state index >= 15 is 0 Å². The highest BCUT2D eigenvalue weighted by Crippen LogP contribution is 2.25. The third kappa shape index (κ3) is 4.86. The monoisotopic (exact) mass is 410 g/mol. The lowest BCUT2D eigenvalue weighted by Gasteiger charge is -2.09. The van der Waals surface area contributed by atoms with Gasteiger partial charge in [-0.25, -0.2) is 4.79 Å². The molecule has 1 aromatic heterocycles. The van der Waals surface area contributed by atoms with Crippen molar-refractivity contribution in [3.63, 3.8) is 0 Å². The summed E-state index contributed by atoms with van der Waals surface area (Å²) in [4.78, 5) is 36.3. The summed E-state index contributed by atoms with van der Waals surface area (Å²) in [6.45, 7) is 5.73. The maximum absolute atomic E-state index is 12.7. The molecule has 3 aromatic rings. The first-order chi connectivity index (χ1) is 14.4. The Kier molecular flexibility index (Phi) is 6.51. The molecular weight excluding hydrogens is 388 g/mol. The predicted octanol–water partition coefficient (Wildman–Crippen LogP) is 4.71. The molecule has 0 amide bonds. The average molecular weight is 410 g/mol. The fourth-order valence-corrected chi connectivity index (χ4v) is 2.52. The summed E-state index contributed by atoms with van der Waals surface area (Å²) >= 11 is 0. The largest absolute Gasteiger partial charge is 0.462 e. The van der Waals surface area contributed by atoms with Crippen molar-refractivity contribution in [2.45, 2.75) is 27.2 Å². The number of ether oxygens (including phenoxy) is 3. The van der Waals surface area contributed by atoms with Crippen molar-refractivity contribution in [3.8, 4) is 17.2 Å². The first kappa shape index (κ1) is 21.1. The Bertz CT molecular complexity index is 1110. The van der Waals surface area contributed by atoms with Crippen molar-refractivity contribution in [2.75, 3.05) is 6.61 Å². The third-order valence-corrected chi connectivity index (χ3v) is 4.16. The van der Waals surface area contributed by atoms with E-state index in [1.807, 2.05) is 6.92 Å². The van der Waals surface area contributed by atoms with Gasteiger partial charge < -0.3 is 18.6 Å². The zero-order chi connectivity index (χ0) is 21.7. The van der Waals surface area contributed by atoms with Gasteiger partial charge in [0.2, 0.25) is 11.2 Å². The van der Waals surface area contributed by atoms with E-state index < -0.39 is 5.97 Å². The van der Waals surface area contributed by atoms with E-state index in [9.17, 15) is 14.4 Å². The van der Waals surface area contributed by atoms with E-state index in [-0.39, 0.29) is 34.0 Å². The second-order valence-corrected chi connectivity index (χ2v) is 6.93. The molecule has 0 radical (unpaired) electrons. The first-order valence-corrected chi connectivity index (χ1v) is 9.61. The topological polar surface area (TPSA) is 92.0 Å². The number of carbonyl (C=O) groups excluding carboxylic acids is 2. The van der Waals surface area contributed by atoms with Crippen LogP contribution < -0.4 is 14.9 Å². The van der Waals surface area contributed by atoms with Crippen LogP contribution in [0, 0.1) is 5.92 Å². The van der Waals surface area contributed by atoms with Gasteiger partial charge in [-0.2, -0.15) is 0 Å². The minimum atomic E-state index is -0.414. The molecule has 0 aliphatic rings. The second kappa shape index (κ2) is 9.26. The van der Waals surface area contributed by atoms with Crippen molar-refractivity contribution in [1.82, 2.24) is 0 Å². The van der Waals surface area contributed by atoms with Gasteiger partial charge in [0.25, 0.3) is 0 Å². The molecule has 0 N–H and O–H groups in total. The van der Waals surface area contributed by atoms with Gasteiger partial charge in [0.15, 0.2) is 0 Å². The summed E-state index contributed by atoms with van der Waals surface area (Å²) in [7, 11) is 0. The molecule has 0 aliphatic heterocycles. The van der Waals surface area contributed by atoms with E-state index in [0.717, 1.165) is 6.42 Å². The van der Waals surface area contributed by atoms with Gasteiger partial charge in [0, 0.05) is 6.07 Å². The Hall–Kier alpha value is -3.61. The maximum Gasteiger partial charge on any atom is 0.338 e. The molecule has 0 atom stereocenters. The Labute approximate surface area is 173 Å². The molecule has 7 heteroatoms. The standard InChI is InChI=1S/C23H22O7/c1-4-11-27-23(26)15-5-7-16(8-6-15)29-20-13-28-19-12-17(30-22(25)14(2)3)9-10-18(19)21(20)24/h5-10,12-14H,4,11H2,1-3H3. The van der Waals surface area contributed by atoms with E-state index in [1.54, 1.807) is 38.1 Å². The van der Waals surface area contributed by atoms with Crippen molar-refractivity contribution < 1.29 is 28.2 Å². The van der Waals surface area contributed by atoms with Crippen LogP contribution in [0.25, 0.3) is 11.0 Å². The zero-order valence-electron chi connectivity index (χ0n) is 17.0. The fraction of sp³-hybridized carbons (Fsp3) is 0.261. The average Bonchev–Trinajstić information content (AvgIpc) is 2.74. The van der Waals surface area contributed by atoms with Crippen LogP contribution in [0.1, 0.15) is 37.6 Å². The molecule has 0 saturated heterocycles.